The standard InChI is InChI=1S/C27H30N2O6S/c1-20-4-9-23(10-5-20)34-36(31)35-24-11-7-22(8-12-24)28-14-16-29(17-15-28)27(30)19-21-6-13-25(32-2)26(18-21)33-3/h4-13,18H,14-17,19H2,1-3H3. The molecule has 1 atom stereocenters. The summed E-state index contributed by atoms with van der Waals surface area (Å²) in [5, 5.41) is 0. The van der Waals surface area contributed by atoms with E-state index in [1.807, 2.05) is 54.3 Å². The first-order valence-electron chi connectivity index (χ1n) is 11.6. The molecule has 3 aromatic rings. The van der Waals surface area contributed by atoms with Crippen LogP contribution < -0.4 is 22.7 Å². The molecule has 0 aromatic heterocycles. The molecule has 0 saturated carbocycles. The second-order valence-corrected chi connectivity index (χ2v) is 9.15. The Morgan fingerprint density at radius 3 is 1.97 bits per heavy atom. The molecule has 8 nitrogen and oxygen atoms in total. The zero-order valence-electron chi connectivity index (χ0n) is 20.6. The smallest absolute Gasteiger partial charge is 0.417 e. The maximum atomic E-state index is 12.8. The summed E-state index contributed by atoms with van der Waals surface area (Å²) in [5.74, 6) is 2.28. The van der Waals surface area contributed by atoms with Crippen molar-refractivity contribution in [2.75, 3.05) is 45.3 Å². The molecule has 1 saturated heterocycles. The van der Waals surface area contributed by atoms with Crippen molar-refractivity contribution in [3.63, 3.8) is 0 Å². The number of anilines is 1. The zero-order chi connectivity index (χ0) is 25.5. The Morgan fingerprint density at radius 1 is 0.806 bits per heavy atom. The number of carbonyl (C=O) groups excluding carboxylic acids is 1. The van der Waals surface area contributed by atoms with E-state index in [0.717, 1.165) is 29.9 Å². The van der Waals surface area contributed by atoms with Crippen LogP contribution in [0.3, 0.4) is 0 Å². The third-order valence-corrected chi connectivity index (χ3v) is 6.64. The number of nitrogens with zero attached hydrogens (tertiary/aromatic N) is 2. The summed E-state index contributed by atoms with van der Waals surface area (Å²) in [4.78, 5) is 16.9. The Bertz CT molecular complexity index is 1190. The van der Waals surface area contributed by atoms with E-state index in [-0.39, 0.29) is 5.91 Å². The Morgan fingerprint density at radius 2 is 1.39 bits per heavy atom. The van der Waals surface area contributed by atoms with E-state index in [9.17, 15) is 9.00 Å². The van der Waals surface area contributed by atoms with Crippen LogP contribution in [0.1, 0.15) is 11.1 Å². The van der Waals surface area contributed by atoms with Gasteiger partial charge in [0.25, 0.3) is 0 Å². The van der Waals surface area contributed by atoms with E-state index in [1.54, 1.807) is 38.5 Å². The third-order valence-electron chi connectivity index (χ3n) is 5.99. The number of hydrogen-bond donors (Lipinski definition) is 0. The van der Waals surface area contributed by atoms with E-state index in [2.05, 4.69) is 4.90 Å². The van der Waals surface area contributed by atoms with Crippen molar-refractivity contribution in [2.45, 2.75) is 13.3 Å². The van der Waals surface area contributed by atoms with E-state index in [1.165, 1.54) is 0 Å². The van der Waals surface area contributed by atoms with Crippen molar-refractivity contribution in [3.8, 4) is 23.0 Å². The number of carbonyl (C=O) groups is 1. The fourth-order valence-electron chi connectivity index (χ4n) is 3.97. The lowest BCUT2D eigenvalue weighted by molar-refractivity contribution is -0.130. The van der Waals surface area contributed by atoms with Crippen LogP contribution in [-0.4, -0.2) is 55.4 Å². The monoisotopic (exact) mass is 510 g/mol. The minimum atomic E-state index is -1.94. The van der Waals surface area contributed by atoms with Gasteiger partial charge in [-0.15, -0.1) is 0 Å². The van der Waals surface area contributed by atoms with Gasteiger partial charge in [0.1, 0.15) is 11.5 Å². The minimum Gasteiger partial charge on any atom is -0.493 e. The van der Waals surface area contributed by atoms with E-state index in [0.29, 0.717) is 42.5 Å². The fourth-order valence-corrected chi connectivity index (χ4v) is 4.54. The van der Waals surface area contributed by atoms with Gasteiger partial charge < -0.3 is 27.6 Å². The predicted octanol–water partition coefficient (Wildman–Crippen LogP) is 3.94. The second-order valence-electron chi connectivity index (χ2n) is 8.41. The molecule has 1 amide bonds. The van der Waals surface area contributed by atoms with Gasteiger partial charge in [-0.3, -0.25) is 4.79 Å². The second kappa shape index (κ2) is 11.8. The van der Waals surface area contributed by atoms with Gasteiger partial charge in [-0.1, -0.05) is 23.8 Å². The average Bonchev–Trinajstić information content (AvgIpc) is 2.90. The number of benzene rings is 3. The largest absolute Gasteiger partial charge is 0.493 e. The number of ether oxygens (including phenoxy) is 2. The van der Waals surface area contributed by atoms with Crippen LogP contribution in [0.5, 0.6) is 23.0 Å². The highest BCUT2D eigenvalue weighted by atomic mass is 32.2. The van der Waals surface area contributed by atoms with Crippen LogP contribution in [0.2, 0.25) is 0 Å². The summed E-state index contributed by atoms with van der Waals surface area (Å²) in [6, 6.07) is 20.2. The molecular weight excluding hydrogens is 480 g/mol. The van der Waals surface area contributed by atoms with E-state index in [4.69, 9.17) is 17.8 Å². The lowest BCUT2D eigenvalue weighted by atomic mass is 10.1. The lowest BCUT2D eigenvalue weighted by Crippen LogP contribution is -2.49. The van der Waals surface area contributed by atoms with Crippen LogP contribution in [0.25, 0.3) is 0 Å². The topological polar surface area (TPSA) is 77.5 Å². The van der Waals surface area contributed by atoms with Gasteiger partial charge in [-0.05, 0) is 61.0 Å². The number of hydrogen-bond acceptors (Lipinski definition) is 7. The van der Waals surface area contributed by atoms with Crippen LogP contribution >= 0.6 is 0 Å². The third kappa shape index (κ3) is 6.48. The quantitative estimate of drug-likeness (QED) is 0.432. The number of amides is 1. The molecular formula is C27H30N2O6S. The lowest BCUT2D eigenvalue weighted by Gasteiger charge is -2.36. The molecule has 1 heterocycles. The molecule has 1 aliphatic heterocycles. The van der Waals surface area contributed by atoms with Crippen LogP contribution in [0.4, 0.5) is 5.69 Å². The Labute approximate surface area is 214 Å². The molecule has 36 heavy (non-hydrogen) atoms. The summed E-state index contributed by atoms with van der Waals surface area (Å²) in [6.07, 6.45) is 0.314. The van der Waals surface area contributed by atoms with Crippen molar-refractivity contribution in [3.05, 3.63) is 77.9 Å². The van der Waals surface area contributed by atoms with Crippen LogP contribution in [-0.2, 0) is 22.6 Å². The van der Waals surface area contributed by atoms with Gasteiger partial charge in [-0.2, -0.15) is 4.21 Å². The Kier molecular flexibility index (Phi) is 8.32. The van der Waals surface area contributed by atoms with Gasteiger partial charge in [0.05, 0.1) is 20.6 Å². The molecule has 4 rings (SSSR count). The Hall–Kier alpha value is -3.72. The minimum absolute atomic E-state index is 0.0849. The van der Waals surface area contributed by atoms with Crippen LogP contribution in [0.15, 0.2) is 66.7 Å². The molecule has 9 heteroatoms. The van der Waals surface area contributed by atoms with Gasteiger partial charge in [0.2, 0.25) is 5.91 Å². The highest BCUT2D eigenvalue weighted by molar-refractivity contribution is 7.75. The van der Waals surface area contributed by atoms with Gasteiger partial charge in [0.15, 0.2) is 11.5 Å². The highest BCUT2D eigenvalue weighted by Gasteiger charge is 2.22. The van der Waals surface area contributed by atoms with E-state index < -0.39 is 11.4 Å². The first kappa shape index (κ1) is 25.4. The van der Waals surface area contributed by atoms with Crippen LogP contribution in [0, 0.1) is 6.92 Å². The molecule has 1 fully saturated rings. The summed E-state index contributed by atoms with van der Waals surface area (Å²) < 4.78 is 33.5. The summed E-state index contributed by atoms with van der Waals surface area (Å²) in [5.41, 5.74) is 2.99. The normalized spacial score (nSPS) is 14.2. The summed E-state index contributed by atoms with van der Waals surface area (Å²) in [6.45, 7) is 4.69. The average molecular weight is 511 g/mol. The fraction of sp³-hybridized carbons (Fsp3) is 0.296. The Balaban J connectivity index is 1.26. The maximum Gasteiger partial charge on any atom is 0.417 e. The zero-order valence-corrected chi connectivity index (χ0v) is 21.5. The molecule has 0 radical (unpaired) electrons. The molecule has 0 spiro atoms. The van der Waals surface area contributed by atoms with Crippen molar-refractivity contribution in [2.24, 2.45) is 0 Å². The highest BCUT2D eigenvalue weighted by Crippen LogP contribution is 2.28. The molecule has 0 aliphatic carbocycles. The number of piperazine rings is 1. The SMILES string of the molecule is COc1ccc(CC(=O)N2CCN(c3ccc(OS(=O)Oc4ccc(C)cc4)cc3)CC2)cc1OC. The molecule has 0 bridgehead atoms. The summed E-state index contributed by atoms with van der Waals surface area (Å²) in [7, 11) is 3.17. The molecule has 1 unspecified atom stereocenters. The predicted molar refractivity (Wildman–Crippen MR) is 139 cm³/mol. The number of methoxy groups -OCH3 is 2. The summed E-state index contributed by atoms with van der Waals surface area (Å²) >= 11 is -1.94. The van der Waals surface area contributed by atoms with Crippen molar-refractivity contribution in [1.29, 1.82) is 0 Å². The van der Waals surface area contributed by atoms with Crippen molar-refractivity contribution in [1.82, 2.24) is 4.90 Å². The number of aryl methyl sites for hydroxylation is 1. The maximum absolute atomic E-state index is 12.8. The van der Waals surface area contributed by atoms with E-state index >= 15 is 0 Å². The first-order valence-corrected chi connectivity index (χ1v) is 12.6. The first-order chi connectivity index (χ1) is 17.4. The number of rotatable bonds is 9. The molecule has 0 N–H and O–H groups in total. The molecule has 190 valence electrons. The van der Waals surface area contributed by atoms with Gasteiger partial charge in [-0.25, -0.2) is 0 Å². The van der Waals surface area contributed by atoms with Gasteiger partial charge in [0, 0.05) is 31.9 Å². The molecule has 3 aromatic carbocycles. The van der Waals surface area contributed by atoms with Gasteiger partial charge >= 0.3 is 11.4 Å². The molecule has 1 aliphatic rings. The van der Waals surface area contributed by atoms with Crippen molar-refractivity contribution >= 4 is 23.0 Å². The van der Waals surface area contributed by atoms with Crippen molar-refractivity contribution < 1.29 is 26.8 Å².